The standard InChI is InChI=1S/C13H19FO3/c14-6-11(15)17-8-12-2-9-1-10(3-12)5-13(16,4-9)7-12/h9-10,16H,1-8H2. The number of alkyl halides is 1. The number of hydrogen-bond acceptors (Lipinski definition) is 3. The van der Waals surface area contributed by atoms with Gasteiger partial charge in [-0.05, 0) is 50.4 Å². The van der Waals surface area contributed by atoms with E-state index in [4.69, 9.17) is 4.74 Å². The van der Waals surface area contributed by atoms with Crippen LogP contribution in [0.2, 0.25) is 0 Å². The van der Waals surface area contributed by atoms with Crippen LogP contribution in [0.5, 0.6) is 0 Å². The zero-order valence-corrected chi connectivity index (χ0v) is 9.95. The first-order valence-corrected chi connectivity index (χ1v) is 6.47. The summed E-state index contributed by atoms with van der Waals surface area (Å²) < 4.78 is 17.1. The molecular weight excluding hydrogens is 223 g/mol. The molecule has 17 heavy (non-hydrogen) atoms. The van der Waals surface area contributed by atoms with Crippen molar-refractivity contribution in [2.24, 2.45) is 17.3 Å². The van der Waals surface area contributed by atoms with Crippen molar-refractivity contribution in [1.82, 2.24) is 0 Å². The molecule has 4 heteroatoms. The van der Waals surface area contributed by atoms with E-state index >= 15 is 0 Å². The molecule has 0 aromatic rings. The number of aliphatic hydroxyl groups is 1. The average molecular weight is 242 g/mol. The van der Waals surface area contributed by atoms with Gasteiger partial charge in [0.25, 0.3) is 0 Å². The molecule has 1 N–H and O–H groups in total. The molecule has 4 bridgehead atoms. The molecule has 4 rings (SSSR count). The summed E-state index contributed by atoms with van der Waals surface area (Å²) in [6.45, 7) is -0.752. The van der Waals surface area contributed by atoms with Crippen molar-refractivity contribution in [3.63, 3.8) is 0 Å². The van der Waals surface area contributed by atoms with Gasteiger partial charge in [-0.15, -0.1) is 0 Å². The van der Waals surface area contributed by atoms with Gasteiger partial charge in [-0.3, -0.25) is 0 Å². The lowest BCUT2D eigenvalue weighted by atomic mass is 9.48. The molecule has 96 valence electrons. The van der Waals surface area contributed by atoms with Crippen LogP contribution in [0.3, 0.4) is 0 Å². The second-order valence-electron chi connectivity index (χ2n) is 6.48. The van der Waals surface area contributed by atoms with E-state index in [2.05, 4.69) is 0 Å². The van der Waals surface area contributed by atoms with E-state index in [1.807, 2.05) is 0 Å². The molecule has 4 saturated carbocycles. The maximum atomic E-state index is 12.1. The van der Waals surface area contributed by atoms with Crippen LogP contribution in [-0.4, -0.2) is 30.0 Å². The molecule has 0 saturated heterocycles. The molecule has 4 aliphatic carbocycles. The minimum Gasteiger partial charge on any atom is -0.463 e. The molecule has 2 atom stereocenters. The summed E-state index contributed by atoms with van der Waals surface area (Å²) in [4.78, 5) is 10.9. The first kappa shape index (κ1) is 11.5. The number of esters is 1. The molecule has 2 unspecified atom stereocenters. The third-order valence-electron chi connectivity index (χ3n) is 4.80. The van der Waals surface area contributed by atoms with Crippen LogP contribution in [0.25, 0.3) is 0 Å². The second kappa shape index (κ2) is 3.67. The predicted octanol–water partition coefficient (Wildman–Crippen LogP) is 1.83. The van der Waals surface area contributed by atoms with Crippen LogP contribution in [-0.2, 0) is 9.53 Å². The fourth-order valence-electron chi connectivity index (χ4n) is 4.84. The van der Waals surface area contributed by atoms with Crippen molar-refractivity contribution >= 4 is 5.97 Å². The summed E-state index contributed by atoms with van der Waals surface area (Å²) in [5.74, 6) is 0.378. The monoisotopic (exact) mass is 242 g/mol. The van der Waals surface area contributed by atoms with E-state index in [1.54, 1.807) is 0 Å². The number of ether oxygens (including phenoxy) is 1. The smallest absolute Gasteiger partial charge is 0.337 e. The van der Waals surface area contributed by atoms with Gasteiger partial charge in [0.2, 0.25) is 0 Å². The van der Waals surface area contributed by atoms with Crippen LogP contribution in [0, 0.1) is 17.3 Å². The number of rotatable bonds is 3. The lowest BCUT2D eigenvalue weighted by Crippen LogP contribution is -2.57. The van der Waals surface area contributed by atoms with Gasteiger partial charge in [0.05, 0.1) is 12.2 Å². The largest absolute Gasteiger partial charge is 0.463 e. The Morgan fingerprint density at radius 1 is 1.29 bits per heavy atom. The van der Waals surface area contributed by atoms with Crippen molar-refractivity contribution < 1.29 is 19.0 Å². The minimum atomic E-state index is -1.05. The Hall–Kier alpha value is -0.640. The van der Waals surface area contributed by atoms with E-state index in [0.717, 1.165) is 32.1 Å². The fourth-order valence-corrected chi connectivity index (χ4v) is 4.84. The van der Waals surface area contributed by atoms with E-state index in [1.165, 1.54) is 6.42 Å². The van der Waals surface area contributed by atoms with Gasteiger partial charge in [-0.1, -0.05) is 0 Å². The SMILES string of the molecule is O=C(CF)OCC12CC3CC(CC(O)(C3)C1)C2. The third kappa shape index (κ3) is 1.96. The second-order valence-corrected chi connectivity index (χ2v) is 6.48. The van der Waals surface area contributed by atoms with Gasteiger partial charge in [-0.2, -0.15) is 0 Å². The highest BCUT2D eigenvalue weighted by molar-refractivity contribution is 5.70. The molecule has 4 aliphatic rings. The first-order chi connectivity index (χ1) is 8.03. The van der Waals surface area contributed by atoms with Gasteiger partial charge in [0.1, 0.15) is 0 Å². The lowest BCUT2D eigenvalue weighted by Gasteiger charge is -2.59. The number of hydrogen-bond donors (Lipinski definition) is 1. The van der Waals surface area contributed by atoms with E-state index in [0.29, 0.717) is 18.4 Å². The third-order valence-corrected chi connectivity index (χ3v) is 4.80. The fraction of sp³-hybridized carbons (Fsp3) is 0.923. The Morgan fingerprint density at radius 3 is 2.47 bits per heavy atom. The summed E-state index contributed by atoms with van der Waals surface area (Å²) in [6.07, 6.45) is 5.81. The predicted molar refractivity (Wildman–Crippen MR) is 59.0 cm³/mol. The minimum absolute atomic E-state index is 0.0658. The van der Waals surface area contributed by atoms with Crippen LogP contribution in [0.15, 0.2) is 0 Å². The van der Waals surface area contributed by atoms with Gasteiger partial charge in [0.15, 0.2) is 6.67 Å². The summed E-state index contributed by atoms with van der Waals surface area (Å²) in [5.41, 5.74) is -0.601. The molecular formula is C13H19FO3. The summed E-state index contributed by atoms with van der Waals surface area (Å²) >= 11 is 0. The highest BCUT2D eigenvalue weighted by Gasteiger charge is 2.57. The van der Waals surface area contributed by atoms with Crippen molar-refractivity contribution in [1.29, 1.82) is 0 Å². The Labute approximate surface area is 100 Å². The van der Waals surface area contributed by atoms with E-state index in [-0.39, 0.29) is 5.41 Å². The zero-order valence-electron chi connectivity index (χ0n) is 9.95. The Bertz CT molecular complexity index is 328. The maximum absolute atomic E-state index is 12.1. The Balaban J connectivity index is 1.72. The zero-order chi connectivity index (χ0) is 12.1. The number of halogens is 1. The lowest BCUT2D eigenvalue weighted by molar-refractivity contribution is -0.186. The molecule has 4 fully saturated rings. The summed E-state index contributed by atoms with van der Waals surface area (Å²) in [5, 5.41) is 10.5. The number of carbonyl (C=O) groups excluding carboxylic acids is 1. The van der Waals surface area contributed by atoms with Crippen LogP contribution in [0.1, 0.15) is 38.5 Å². The van der Waals surface area contributed by atoms with Crippen LogP contribution >= 0.6 is 0 Å². The molecule has 0 aromatic heterocycles. The van der Waals surface area contributed by atoms with Gasteiger partial charge < -0.3 is 9.84 Å². The van der Waals surface area contributed by atoms with Crippen LogP contribution < -0.4 is 0 Å². The molecule has 0 aromatic carbocycles. The quantitative estimate of drug-likeness (QED) is 0.768. The average Bonchev–Trinajstić information content (AvgIpc) is 2.22. The topological polar surface area (TPSA) is 46.5 Å². The highest BCUT2D eigenvalue weighted by atomic mass is 19.1. The first-order valence-electron chi connectivity index (χ1n) is 6.47. The van der Waals surface area contributed by atoms with Gasteiger partial charge >= 0.3 is 5.97 Å². The Kier molecular flexibility index (Phi) is 2.47. The highest BCUT2D eigenvalue weighted by Crippen LogP contribution is 2.61. The van der Waals surface area contributed by atoms with Crippen LogP contribution in [0.4, 0.5) is 4.39 Å². The van der Waals surface area contributed by atoms with Crippen molar-refractivity contribution in [3.8, 4) is 0 Å². The Morgan fingerprint density at radius 2 is 1.94 bits per heavy atom. The molecule has 0 heterocycles. The summed E-state index contributed by atoms with van der Waals surface area (Å²) in [6, 6.07) is 0. The van der Waals surface area contributed by atoms with E-state index in [9.17, 15) is 14.3 Å². The molecule has 0 spiro atoms. The van der Waals surface area contributed by atoms with Crippen molar-refractivity contribution in [3.05, 3.63) is 0 Å². The van der Waals surface area contributed by atoms with Crippen molar-refractivity contribution in [2.75, 3.05) is 13.3 Å². The molecule has 0 radical (unpaired) electrons. The normalized spacial score (nSPS) is 47.2. The molecule has 0 amide bonds. The molecule has 3 nitrogen and oxygen atoms in total. The van der Waals surface area contributed by atoms with Gasteiger partial charge in [-0.25, -0.2) is 9.18 Å². The summed E-state index contributed by atoms with van der Waals surface area (Å²) in [7, 11) is 0. The number of carbonyl (C=O) groups is 1. The maximum Gasteiger partial charge on any atom is 0.337 e. The van der Waals surface area contributed by atoms with Gasteiger partial charge in [0, 0.05) is 5.41 Å². The van der Waals surface area contributed by atoms with Crippen molar-refractivity contribution in [2.45, 2.75) is 44.1 Å². The van der Waals surface area contributed by atoms with E-state index < -0.39 is 18.2 Å². The molecule has 0 aliphatic heterocycles.